The summed E-state index contributed by atoms with van der Waals surface area (Å²) in [5.41, 5.74) is -0.473. The predicted octanol–water partition coefficient (Wildman–Crippen LogP) is 3.14. The van der Waals surface area contributed by atoms with Gasteiger partial charge in [-0.2, -0.15) is 13.2 Å². The largest absolute Gasteiger partial charge is 0.416 e. The number of amides is 1. The first-order valence-electron chi connectivity index (χ1n) is 5.97. The van der Waals surface area contributed by atoms with Gasteiger partial charge in [0.2, 0.25) is 5.91 Å². The van der Waals surface area contributed by atoms with Gasteiger partial charge in [0.05, 0.1) is 12.1 Å². The zero-order valence-corrected chi connectivity index (χ0v) is 10.8. The van der Waals surface area contributed by atoms with E-state index in [-0.39, 0.29) is 18.0 Å². The van der Waals surface area contributed by atoms with E-state index in [1.54, 1.807) is 6.08 Å². The lowest BCUT2D eigenvalue weighted by Crippen LogP contribution is -2.22. The minimum absolute atomic E-state index is 0.103. The molecule has 0 spiro atoms. The van der Waals surface area contributed by atoms with Crippen molar-refractivity contribution in [1.29, 1.82) is 0 Å². The van der Waals surface area contributed by atoms with Gasteiger partial charge in [-0.3, -0.25) is 4.79 Å². The third-order valence-electron chi connectivity index (χ3n) is 2.37. The second-order valence-corrected chi connectivity index (χ2v) is 3.98. The minimum atomic E-state index is -4.38. The molecule has 0 fully saturated rings. The topological polar surface area (TPSA) is 29.1 Å². The Morgan fingerprint density at radius 1 is 1.40 bits per heavy atom. The molecule has 0 bridgehead atoms. The first-order valence-corrected chi connectivity index (χ1v) is 5.97. The number of hydrogen-bond acceptors (Lipinski definition) is 1. The van der Waals surface area contributed by atoms with Crippen LogP contribution >= 0.6 is 0 Å². The molecule has 0 aliphatic carbocycles. The molecule has 2 nitrogen and oxygen atoms in total. The molecule has 1 aromatic carbocycles. The summed E-state index contributed by atoms with van der Waals surface area (Å²) in [4.78, 5) is 11.2. The number of benzene rings is 1. The van der Waals surface area contributed by atoms with Gasteiger partial charge in [-0.05, 0) is 24.6 Å². The van der Waals surface area contributed by atoms with Crippen LogP contribution in [0.15, 0.2) is 36.9 Å². The van der Waals surface area contributed by atoms with Crippen LogP contribution in [0.1, 0.15) is 24.0 Å². The quantitative estimate of drug-likeness (QED) is 0.666. The van der Waals surface area contributed by atoms with E-state index >= 15 is 0 Å². The second-order valence-electron chi connectivity index (χ2n) is 3.98. The van der Waals surface area contributed by atoms with Crippen LogP contribution in [0.4, 0.5) is 13.2 Å². The molecule has 5 heteroatoms. The van der Waals surface area contributed by atoms with Crippen molar-refractivity contribution in [1.82, 2.24) is 5.32 Å². The fourth-order valence-corrected chi connectivity index (χ4v) is 1.38. The molecule has 0 unspecified atom stereocenters. The summed E-state index contributed by atoms with van der Waals surface area (Å²) in [6, 6.07) is 4.76. The van der Waals surface area contributed by atoms with Crippen molar-refractivity contribution < 1.29 is 18.0 Å². The molecule has 1 amide bonds. The highest BCUT2D eigenvalue weighted by Crippen LogP contribution is 2.29. The fourth-order valence-electron chi connectivity index (χ4n) is 1.38. The summed E-state index contributed by atoms with van der Waals surface area (Å²) in [5, 5.41) is 2.55. The van der Waals surface area contributed by atoms with Crippen LogP contribution < -0.4 is 5.32 Å². The fraction of sp³-hybridized carbons (Fsp3) is 0.267. The van der Waals surface area contributed by atoms with Crippen molar-refractivity contribution >= 4 is 5.91 Å². The van der Waals surface area contributed by atoms with Crippen molar-refractivity contribution in [3.8, 4) is 11.8 Å². The van der Waals surface area contributed by atoms with Gasteiger partial charge >= 0.3 is 6.18 Å². The Hall–Kier alpha value is -2.22. The molecule has 0 aliphatic heterocycles. The molecule has 0 aromatic heterocycles. The van der Waals surface area contributed by atoms with Crippen LogP contribution in [-0.2, 0) is 11.0 Å². The number of carbonyl (C=O) groups is 1. The zero-order chi connectivity index (χ0) is 15.0. The van der Waals surface area contributed by atoms with E-state index in [9.17, 15) is 18.0 Å². The Kier molecular flexibility index (Phi) is 5.85. The summed E-state index contributed by atoms with van der Waals surface area (Å²) in [7, 11) is 0. The molecule has 0 heterocycles. The molecule has 1 N–H and O–H groups in total. The SMILES string of the molecule is C=CCCC(=O)NCC#Cc1cccc(C(F)(F)F)c1. The highest BCUT2D eigenvalue weighted by molar-refractivity contribution is 5.76. The summed E-state index contributed by atoms with van der Waals surface area (Å²) in [6.45, 7) is 3.60. The molecule has 1 rings (SSSR count). The van der Waals surface area contributed by atoms with Gasteiger partial charge in [-0.1, -0.05) is 24.0 Å². The molecular weight excluding hydrogens is 267 g/mol. The number of rotatable bonds is 4. The van der Waals surface area contributed by atoms with Gasteiger partial charge in [0.15, 0.2) is 0 Å². The molecule has 0 radical (unpaired) electrons. The van der Waals surface area contributed by atoms with Gasteiger partial charge in [0, 0.05) is 12.0 Å². The molecule has 0 atom stereocenters. The van der Waals surface area contributed by atoms with Crippen LogP contribution in [0.25, 0.3) is 0 Å². The van der Waals surface area contributed by atoms with Gasteiger partial charge in [0.25, 0.3) is 0 Å². The van der Waals surface area contributed by atoms with Gasteiger partial charge in [0.1, 0.15) is 0 Å². The molecule has 20 heavy (non-hydrogen) atoms. The van der Waals surface area contributed by atoms with Crippen LogP contribution in [0.5, 0.6) is 0 Å². The molecular formula is C15H14F3NO. The molecule has 0 saturated heterocycles. The lowest BCUT2D eigenvalue weighted by Gasteiger charge is -2.05. The van der Waals surface area contributed by atoms with E-state index in [0.29, 0.717) is 12.8 Å². The summed E-state index contributed by atoms with van der Waals surface area (Å²) < 4.78 is 37.4. The van der Waals surface area contributed by atoms with E-state index in [2.05, 4.69) is 23.7 Å². The Morgan fingerprint density at radius 3 is 2.80 bits per heavy atom. The van der Waals surface area contributed by atoms with Crippen molar-refractivity contribution in [2.75, 3.05) is 6.54 Å². The van der Waals surface area contributed by atoms with Gasteiger partial charge < -0.3 is 5.32 Å². The molecule has 0 aliphatic rings. The van der Waals surface area contributed by atoms with Crippen LogP contribution in [0.3, 0.4) is 0 Å². The standard InChI is InChI=1S/C15H14F3NO/c1-2-3-9-14(20)19-10-5-7-12-6-4-8-13(11-12)15(16,17)18/h2,4,6,8,11H,1,3,9-10H2,(H,19,20). The minimum Gasteiger partial charge on any atom is -0.345 e. The Balaban J connectivity index is 2.56. The van der Waals surface area contributed by atoms with Crippen LogP contribution in [0, 0.1) is 11.8 Å². The first-order chi connectivity index (χ1) is 9.43. The van der Waals surface area contributed by atoms with Gasteiger partial charge in [-0.15, -0.1) is 6.58 Å². The predicted molar refractivity (Wildman–Crippen MR) is 70.8 cm³/mol. The van der Waals surface area contributed by atoms with Gasteiger partial charge in [-0.25, -0.2) is 0 Å². The summed E-state index contributed by atoms with van der Waals surface area (Å²) in [5.74, 6) is 5.03. The normalized spacial score (nSPS) is 10.3. The van der Waals surface area contributed by atoms with E-state index in [0.717, 1.165) is 12.1 Å². The lowest BCUT2D eigenvalue weighted by molar-refractivity contribution is -0.137. The summed E-state index contributed by atoms with van der Waals surface area (Å²) in [6.07, 6.45) is -1.84. The lowest BCUT2D eigenvalue weighted by atomic mass is 10.1. The Morgan fingerprint density at radius 2 is 2.15 bits per heavy atom. The second kappa shape index (κ2) is 7.39. The third-order valence-corrected chi connectivity index (χ3v) is 2.37. The van der Waals surface area contributed by atoms with Crippen molar-refractivity contribution in [3.05, 3.63) is 48.0 Å². The Bertz CT molecular complexity index is 538. The van der Waals surface area contributed by atoms with E-state index < -0.39 is 11.7 Å². The zero-order valence-electron chi connectivity index (χ0n) is 10.8. The van der Waals surface area contributed by atoms with E-state index in [1.165, 1.54) is 12.1 Å². The highest BCUT2D eigenvalue weighted by atomic mass is 19.4. The van der Waals surface area contributed by atoms with Crippen molar-refractivity contribution in [2.24, 2.45) is 0 Å². The highest BCUT2D eigenvalue weighted by Gasteiger charge is 2.30. The average Bonchev–Trinajstić information content (AvgIpc) is 2.41. The number of nitrogens with one attached hydrogen (secondary N) is 1. The van der Waals surface area contributed by atoms with E-state index in [4.69, 9.17) is 0 Å². The molecule has 0 saturated carbocycles. The van der Waals surface area contributed by atoms with Crippen molar-refractivity contribution in [2.45, 2.75) is 19.0 Å². The molecule has 1 aromatic rings. The number of carbonyl (C=O) groups excluding carboxylic acids is 1. The maximum atomic E-state index is 12.5. The maximum absolute atomic E-state index is 12.5. The Labute approximate surface area is 115 Å². The molecule has 106 valence electrons. The summed E-state index contributed by atoms with van der Waals surface area (Å²) >= 11 is 0. The van der Waals surface area contributed by atoms with E-state index in [1.807, 2.05) is 0 Å². The average molecular weight is 281 g/mol. The smallest absolute Gasteiger partial charge is 0.345 e. The van der Waals surface area contributed by atoms with Crippen molar-refractivity contribution in [3.63, 3.8) is 0 Å². The van der Waals surface area contributed by atoms with Crippen LogP contribution in [0.2, 0.25) is 0 Å². The maximum Gasteiger partial charge on any atom is 0.416 e. The number of halogens is 3. The first kappa shape index (κ1) is 15.8. The monoisotopic (exact) mass is 281 g/mol. The number of alkyl halides is 3. The third kappa shape index (κ3) is 5.61. The number of hydrogen-bond donors (Lipinski definition) is 1. The number of allylic oxidation sites excluding steroid dienone is 1. The van der Waals surface area contributed by atoms with Crippen LogP contribution in [-0.4, -0.2) is 12.5 Å².